The van der Waals surface area contributed by atoms with Crippen LogP contribution in [0, 0.1) is 12.8 Å². The monoisotopic (exact) mass is 393 g/mol. The number of nitrogens with one attached hydrogen (secondary N) is 1. The topological polar surface area (TPSA) is 79.4 Å². The molecule has 1 aliphatic carbocycles. The van der Waals surface area contributed by atoms with E-state index in [0.717, 1.165) is 30.3 Å². The predicted octanol–water partition coefficient (Wildman–Crippen LogP) is 2.95. The van der Waals surface area contributed by atoms with Gasteiger partial charge >= 0.3 is 0 Å². The standard InChI is InChI=1S/C18H23N3O3S2/c1-13-16(17(22)20-26(2,23)24)19-18(25-13)21(11-10-14-8-9-14)12-15-6-4-3-5-7-15/h3-7,14H,8-12H2,1-2H3,(H,20,22). The lowest BCUT2D eigenvalue weighted by molar-refractivity contribution is 0.0977. The Labute approximate surface area is 158 Å². The zero-order valence-corrected chi connectivity index (χ0v) is 16.6. The van der Waals surface area contributed by atoms with Gasteiger partial charge in [0.2, 0.25) is 10.0 Å². The van der Waals surface area contributed by atoms with Gasteiger partial charge in [0, 0.05) is 18.0 Å². The molecule has 1 N–H and O–H groups in total. The second kappa shape index (κ2) is 7.75. The van der Waals surface area contributed by atoms with E-state index in [4.69, 9.17) is 0 Å². The highest BCUT2D eigenvalue weighted by Crippen LogP contribution is 2.34. The molecule has 26 heavy (non-hydrogen) atoms. The van der Waals surface area contributed by atoms with Gasteiger partial charge in [0.25, 0.3) is 5.91 Å². The molecule has 0 spiro atoms. The number of benzene rings is 1. The Balaban J connectivity index is 1.81. The van der Waals surface area contributed by atoms with E-state index < -0.39 is 15.9 Å². The van der Waals surface area contributed by atoms with Crippen molar-refractivity contribution in [2.75, 3.05) is 17.7 Å². The fraction of sp³-hybridized carbons (Fsp3) is 0.444. The number of amides is 1. The van der Waals surface area contributed by atoms with Crippen LogP contribution in [-0.2, 0) is 16.6 Å². The maximum Gasteiger partial charge on any atom is 0.284 e. The number of anilines is 1. The molecule has 1 heterocycles. The molecule has 8 heteroatoms. The lowest BCUT2D eigenvalue weighted by Gasteiger charge is -2.22. The third-order valence-corrected chi connectivity index (χ3v) is 5.86. The van der Waals surface area contributed by atoms with E-state index in [-0.39, 0.29) is 5.69 Å². The Morgan fingerprint density at radius 3 is 2.62 bits per heavy atom. The maximum atomic E-state index is 12.2. The molecule has 140 valence electrons. The van der Waals surface area contributed by atoms with Crippen molar-refractivity contribution >= 4 is 32.4 Å². The van der Waals surface area contributed by atoms with Crippen molar-refractivity contribution in [1.82, 2.24) is 9.71 Å². The number of hydrogen-bond donors (Lipinski definition) is 1. The molecule has 1 aromatic carbocycles. The first-order valence-corrected chi connectivity index (χ1v) is 11.3. The summed E-state index contributed by atoms with van der Waals surface area (Å²) in [6, 6.07) is 10.1. The number of aromatic nitrogens is 1. The van der Waals surface area contributed by atoms with Gasteiger partial charge in [0.1, 0.15) is 5.69 Å². The Kier molecular flexibility index (Phi) is 5.62. The fourth-order valence-electron chi connectivity index (χ4n) is 2.74. The predicted molar refractivity (Wildman–Crippen MR) is 104 cm³/mol. The summed E-state index contributed by atoms with van der Waals surface area (Å²) in [5.74, 6) is 0.122. The third-order valence-electron chi connectivity index (χ3n) is 4.27. The van der Waals surface area contributed by atoms with E-state index in [1.807, 2.05) is 22.9 Å². The summed E-state index contributed by atoms with van der Waals surface area (Å²) < 4.78 is 24.6. The molecule has 3 rings (SSSR count). The minimum Gasteiger partial charge on any atom is -0.344 e. The molecule has 0 atom stereocenters. The van der Waals surface area contributed by atoms with Gasteiger partial charge in [0.15, 0.2) is 5.13 Å². The first kappa shape index (κ1) is 18.8. The van der Waals surface area contributed by atoms with Crippen LogP contribution < -0.4 is 9.62 Å². The second-order valence-corrected chi connectivity index (χ2v) is 9.67. The average molecular weight is 394 g/mol. The van der Waals surface area contributed by atoms with Crippen molar-refractivity contribution in [1.29, 1.82) is 0 Å². The number of rotatable bonds is 8. The molecule has 2 aromatic rings. The Morgan fingerprint density at radius 2 is 2.00 bits per heavy atom. The molecule has 6 nitrogen and oxygen atoms in total. The molecule has 0 bridgehead atoms. The number of sulfonamides is 1. The number of thiazole rings is 1. The molecule has 1 aliphatic rings. The lowest BCUT2D eigenvalue weighted by atomic mass is 10.2. The van der Waals surface area contributed by atoms with Crippen LogP contribution in [0.1, 0.15) is 40.2 Å². The molecular weight excluding hydrogens is 370 g/mol. The summed E-state index contributed by atoms with van der Waals surface area (Å²) in [5, 5.41) is 0.755. The quantitative estimate of drug-likeness (QED) is 0.746. The van der Waals surface area contributed by atoms with Gasteiger partial charge in [-0.2, -0.15) is 0 Å². The van der Waals surface area contributed by atoms with Crippen LogP contribution >= 0.6 is 11.3 Å². The lowest BCUT2D eigenvalue weighted by Crippen LogP contribution is -2.30. The molecular formula is C18H23N3O3S2. The van der Waals surface area contributed by atoms with Crippen molar-refractivity contribution in [2.45, 2.75) is 32.7 Å². The normalized spacial score (nSPS) is 14.2. The molecule has 0 radical (unpaired) electrons. The summed E-state index contributed by atoms with van der Waals surface area (Å²) >= 11 is 1.43. The van der Waals surface area contributed by atoms with Crippen molar-refractivity contribution in [3.8, 4) is 0 Å². The highest BCUT2D eigenvalue weighted by Gasteiger charge is 2.25. The van der Waals surface area contributed by atoms with E-state index >= 15 is 0 Å². The van der Waals surface area contributed by atoms with Gasteiger partial charge in [-0.05, 0) is 24.8 Å². The minimum absolute atomic E-state index is 0.180. The SMILES string of the molecule is Cc1sc(N(CCC2CC2)Cc2ccccc2)nc1C(=O)NS(C)(=O)=O. The second-order valence-electron chi connectivity index (χ2n) is 6.74. The van der Waals surface area contributed by atoms with Crippen LogP contribution in [0.5, 0.6) is 0 Å². The Morgan fingerprint density at radius 1 is 1.31 bits per heavy atom. The van der Waals surface area contributed by atoms with Crippen molar-refractivity contribution < 1.29 is 13.2 Å². The van der Waals surface area contributed by atoms with Crippen molar-refractivity contribution in [3.63, 3.8) is 0 Å². The summed E-state index contributed by atoms with van der Waals surface area (Å²) in [6.07, 6.45) is 4.65. The molecule has 0 unspecified atom stereocenters. The van der Waals surface area contributed by atoms with Gasteiger partial charge in [-0.15, -0.1) is 11.3 Å². The number of carbonyl (C=O) groups excluding carboxylic acids is 1. The first-order valence-electron chi connectivity index (χ1n) is 8.60. The molecule has 0 aliphatic heterocycles. The number of nitrogens with zero attached hydrogens (tertiary/aromatic N) is 2. The van der Waals surface area contributed by atoms with E-state index in [2.05, 4.69) is 22.0 Å². The molecule has 1 aromatic heterocycles. The minimum atomic E-state index is -3.61. The highest BCUT2D eigenvalue weighted by molar-refractivity contribution is 7.89. The highest BCUT2D eigenvalue weighted by atomic mass is 32.2. The summed E-state index contributed by atoms with van der Waals surface area (Å²) in [5.41, 5.74) is 1.36. The first-order chi connectivity index (χ1) is 12.3. The van der Waals surface area contributed by atoms with Crippen molar-refractivity contribution in [3.05, 3.63) is 46.5 Å². The van der Waals surface area contributed by atoms with Gasteiger partial charge < -0.3 is 4.90 Å². The van der Waals surface area contributed by atoms with Crippen LogP contribution in [0.3, 0.4) is 0 Å². The average Bonchev–Trinajstić information content (AvgIpc) is 3.31. The van der Waals surface area contributed by atoms with Crippen LogP contribution in [0.4, 0.5) is 5.13 Å². The zero-order valence-electron chi connectivity index (χ0n) is 14.9. The number of aryl methyl sites for hydroxylation is 1. The van der Waals surface area contributed by atoms with E-state index in [9.17, 15) is 13.2 Å². The van der Waals surface area contributed by atoms with Crippen LogP contribution in [0.15, 0.2) is 30.3 Å². The molecule has 0 saturated heterocycles. The Bertz CT molecular complexity index is 874. The van der Waals surface area contributed by atoms with E-state index in [1.165, 1.54) is 29.7 Å². The third kappa shape index (κ3) is 5.28. The van der Waals surface area contributed by atoms with Crippen molar-refractivity contribution in [2.24, 2.45) is 5.92 Å². The summed E-state index contributed by atoms with van der Waals surface area (Å²) in [4.78, 5) is 19.5. The molecule has 1 fully saturated rings. The van der Waals surface area contributed by atoms with Gasteiger partial charge in [-0.1, -0.05) is 43.2 Å². The van der Waals surface area contributed by atoms with Gasteiger partial charge in [0.05, 0.1) is 6.26 Å². The van der Waals surface area contributed by atoms with Crippen LogP contribution in [0.2, 0.25) is 0 Å². The molecule has 1 saturated carbocycles. The largest absolute Gasteiger partial charge is 0.344 e. The van der Waals surface area contributed by atoms with Crippen LogP contribution in [0.25, 0.3) is 0 Å². The van der Waals surface area contributed by atoms with Gasteiger partial charge in [-0.25, -0.2) is 18.1 Å². The smallest absolute Gasteiger partial charge is 0.284 e. The maximum absolute atomic E-state index is 12.2. The zero-order chi connectivity index (χ0) is 18.7. The number of hydrogen-bond acceptors (Lipinski definition) is 6. The Hall–Kier alpha value is -1.93. The summed E-state index contributed by atoms with van der Waals surface area (Å²) in [6.45, 7) is 3.38. The summed E-state index contributed by atoms with van der Waals surface area (Å²) in [7, 11) is -3.61. The van der Waals surface area contributed by atoms with E-state index in [1.54, 1.807) is 6.92 Å². The molecule has 1 amide bonds. The van der Waals surface area contributed by atoms with Crippen LogP contribution in [-0.4, -0.2) is 32.1 Å². The van der Waals surface area contributed by atoms with E-state index in [0.29, 0.717) is 11.4 Å². The fourth-order valence-corrected chi connectivity index (χ4v) is 4.10. The van der Waals surface area contributed by atoms with Gasteiger partial charge in [-0.3, -0.25) is 4.79 Å². The number of carbonyl (C=O) groups is 1.